The van der Waals surface area contributed by atoms with E-state index in [0.29, 0.717) is 4.77 Å². The third kappa shape index (κ3) is 5.20. The van der Waals surface area contributed by atoms with E-state index in [1.807, 2.05) is 0 Å². The minimum absolute atomic E-state index is 0.156. The molecule has 0 unspecified atom stereocenters. The number of aryl methyl sites for hydroxylation is 1. The van der Waals surface area contributed by atoms with Crippen molar-refractivity contribution in [3.05, 3.63) is 26.9 Å². The van der Waals surface area contributed by atoms with Crippen molar-refractivity contribution in [1.29, 1.82) is 0 Å². The number of morpholine rings is 1. The molecule has 1 aliphatic heterocycles. The van der Waals surface area contributed by atoms with Crippen LogP contribution in [0.25, 0.3) is 0 Å². The fourth-order valence-corrected chi connectivity index (χ4v) is 1.51. The molecule has 0 aliphatic carbocycles. The van der Waals surface area contributed by atoms with Crippen LogP contribution >= 0.6 is 12.2 Å². The average Bonchev–Trinajstić information content (AvgIpc) is 2.17. The van der Waals surface area contributed by atoms with Crippen molar-refractivity contribution in [3.8, 4) is 0 Å². The van der Waals surface area contributed by atoms with E-state index in [0.717, 1.165) is 32.0 Å². The van der Waals surface area contributed by atoms with Crippen LogP contribution in [0.15, 0.2) is 10.9 Å². The van der Waals surface area contributed by atoms with Crippen molar-refractivity contribution in [2.24, 2.45) is 0 Å². The zero-order valence-electron chi connectivity index (χ0n) is 9.58. The summed E-state index contributed by atoms with van der Waals surface area (Å²) in [6, 6.07) is 1.45. The van der Waals surface area contributed by atoms with E-state index in [2.05, 4.69) is 34.1 Å². The molecule has 0 aromatic carbocycles. The van der Waals surface area contributed by atoms with Gasteiger partial charge in [-0.3, -0.25) is 9.78 Å². The van der Waals surface area contributed by atoms with Crippen LogP contribution in [0.1, 0.15) is 5.69 Å². The molecule has 1 saturated heterocycles. The summed E-state index contributed by atoms with van der Waals surface area (Å²) < 4.78 is 5.47. The number of H-pyrrole nitrogens is 2. The monoisotopic (exact) mass is 243 g/mol. The Morgan fingerprint density at radius 3 is 2.38 bits per heavy atom. The predicted molar refractivity (Wildman–Crippen MR) is 65.3 cm³/mol. The number of nitrogens with one attached hydrogen (secondary N) is 2. The van der Waals surface area contributed by atoms with Crippen LogP contribution in [-0.2, 0) is 4.74 Å². The van der Waals surface area contributed by atoms with E-state index in [-0.39, 0.29) is 5.56 Å². The normalized spacial score (nSPS) is 16.4. The highest BCUT2D eigenvalue weighted by Gasteiger charge is 2.02. The minimum atomic E-state index is -0.156. The standard InChI is InChI=1S/C5H6N2OS.C5H11NO/c1-3-2-4(8)7-5(9)6-3;1-6-2-4-7-5-3-6/h2H,1H3,(H2,6,7,8,9);2-5H2,1H3. The lowest BCUT2D eigenvalue weighted by molar-refractivity contribution is 0.0503. The zero-order chi connectivity index (χ0) is 12.0. The molecule has 2 rings (SSSR count). The van der Waals surface area contributed by atoms with Gasteiger partial charge in [-0.1, -0.05) is 0 Å². The summed E-state index contributed by atoms with van der Waals surface area (Å²) in [5.41, 5.74) is 0.625. The predicted octanol–water partition coefficient (Wildman–Crippen LogP) is 0.689. The second-order valence-corrected chi connectivity index (χ2v) is 4.09. The average molecular weight is 243 g/mol. The fourth-order valence-electron chi connectivity index (χ4n) is 1.25. The molecule has 16 heavy (non-hydrogen) atoms. The summed E-state index contributed by atoms with van der Waals surface area (Å²) >= 11 is 4.68. The van der Waals surface area contributed by atoms with E-state index in [4.69, 9.17) is 4.74 Å². The third-order valence-electron chi connectivity index (χ3n) is 2.13. The van der Waals surface area contributed by atoms with Crippen LogP contribution in [0.2, 0.25) is 0 Å². The first kappa shape index (κ1) is 13.1. The Labute approximate surface area is 99.5 Å². The Morgan fingerprint density at radius 1 is 1.38 bits per heavy atom. The molecule has 0 saturated carbocycles. The van der Waals surface area contributed by atoms with Gasteiger partial charge < -0.3 is 14.6 Å². The van der Waals surface area contributed by atoms with Gasteiger partial charge in [0.25, 0.3) is 5.56 Å². The Morgan fingerprint density at radius 2 is 2.00 bits per heavy atom. The summed E-state index contributed by atoms with van der Waals surface area (Å²) in [5.74, 6) is 0. The van der Waals surface area contributed by atoms with Gasteiger partial charge in [0.1, 0.15) is 0 Å². The molecular formula is C10H17N3O2S. The van der Waals surface area contributed by atoms with Gasteiger partial charge in [0.15, 0.2) is 4.77 Å². The molecule has 1 aromatic rings. The lowest BCUT2D eigenvalue weighted by Crippen LogP contribution is -2.32. The van der Waals surface area contributed by atoms with Gasteiger partial charge in [-0.05, 0) is 26.2 Å². The first-order valence-corrected chi connectivity index (χ1v) is 5.55. The Bertz CT molecular complexity index is 392. The summed E-state index contributed by atoms with van der Waals surface area (Å²) in [7, 11) is 2.11. The summed E-state index contributed by atoms with van der Waals surface area (Å²) in [5, 5.41) is 0. The van der Waals surface area contributed by atoms with Gasteiger partial charge in [-0.25, -0.2) is 0 Å². The Hall–Kier alpha value is -0.980. The van der Waals surface area contributed by atoms with Crippen molar-refractivity contribution in [1.82, 2.24) is 14.9 Å². The molecule has 0 atom stereocenters. The number of aromatic nitrogens is 2. The number of ether oxygens (including phenoxy) is 1. The van der Waals surface area contributed by atoms with Crippen molar-refractivity contribution >= 4 is 12.2 Å². The maximum Gasteiger partial charge on any atom is 0.251 e. The molecule has 0 bridgehead atoms. The molecule has 1 fully saturated rings. The largest absolute Gasteiger partial charge is 0.379 e. The van der Waals surface area contributed by atoms with Crippen LogP contribution in [0, 0.1) is 11.7 Å². The van der Waals surface area contributed by atoms with Crippen LogP contribution in [0.5, 0.6) is 0 Å². The number of hydrogen-bond acceptors (Lipinski definition) is 4. The second-order valence-electron chi connectivity index (χ2n) is 3.69. The SMILES string of the molecule is CN1CCOCC1.Cc1cc(=O)[nH]c(=S)[nH]1. The number of aromatic amines is 2. The molecule has 0 amide bonds. The highest BCUT2D eigenvalue weighted by Crippen LogP contribution is 1.89. The molecule has 0 radical (unpaired) electrons. The van der Waals surface area contributed by atoms with Crippen molar-refractivity contribution in [2.75, 3.05) is 33.4 Å². The van der Waals surface area contributed by atoms with E-state index in [9.17, 15) is 4.79 Å². The number of rotatable bonds is 0. The summed E-state index contributed by atoms with van der Waals surface area (Å²) in [4.78, 5) is 18.0. The lowest BCUT2D eigenvalue weighted by Gasteiger charge is -2.21. The number of hydrogen-bond donors (Lipinski definition) is 2. The molecule has 90 valence electrons. The smallest absolute Gasteiger partial charge is 0.251 e. The topological polar surface area (TPSA) is 61.1 Å². The molecule has 2 heterocycles. The highest BCUT2D eigenvalue weighted by molar-refractivity contribution is 7.71. The third-order valence-corrected chi connectivity index (χ3v) is 2.33. The second kappa shape index (κ2) is 6.57. The quantitative estimate of drug-likeness (QED) is 0.658. The van der Waals surface area contributed by atoms with E-state index in [1.165, 1.54) is 6.07 Å². The molecule has 2 N–H and O–H groups in total. The summed E-state index contributed by atoms with van der Waals surface area (Å²) in [6.07, 6.45) is 0. The highest BCUT2D eigenvalue weighted by atomic mass is 32.1. The molecule has 0 spiro atoms. The van der Waals surface area contributed by atoms with Crippen LogP contribution in [0.4, 0.5) is 0 Å². The van der Waals surface area contributed by atoms with E-state index in [1.54, 1.807) is 6.92 Å². The minimum Gasteiger partial charge on any atom is -0.379 e. The number of nitrogens with zero attached hydrogens (tertiary/aromatic N) is 1. The molecule has 6 heteroatoms. The molecule has 1 aliphatic rings. The van der Waals surface area contributed by atoms with Gasteiger partial charge >= 0.3 is 0 Å². The summed E-state index contributed by atoms with van der Waals surface area (Å²) in [6.45, 7) is 5.80. The van der Waals surface area contributed by atoms with Crippen molar-refractivity contribution < 1.29 is 4.74 Å². The van der Waals surface area contributed by atoms with Crippen molar-refractivity contribution in [2.45, 2.75) is 6.92 Å². The molecule has 5 nitrogen and oxygen atoms in total. The Kier molecular flexibility index (Phi) is 5.37. The van der Waals surface area contributed by atoms with E-state index < -0.39 is 0 Å². The maximum absolute atomic E-state index is 10.6. The van der Waals surface area contributed by atoms with Gasteiger partial charge in [0.05, 0.1) is 13.2 Å². The van der Waals surface area contributed by atoms with Gasteiger partial charge in [0, 0.05) is 24.8 Å². The van der Waals surface area contributed by atoms with Crippen LogP contribution in [0.3, 0.4) is 0 Å². The Balaban J connectivity index is 0.000000165. The maximum atomic E-state index is 10.6. The van der Waals surface area contributed by atoms with Crippen LogP contribution in [-0.4, -0.2) is 48.2 Å². The fraction of sp³-hybridized carbons (Fsp3) is 0.600. The number of likely N-dealkylation sites (N-methyl/N-ethyl adjacent to an activating group) is 1. The van der Waals surface area contributed by atoms with Crippen LogP contribution < -0.4 is 5.56 Å². The van der Waals surface area contributed by atoms with Gasteiger partial charge in [0.2, 0.25) is 0 Å². The lowest BCUT2D eigenvalue weighted by atomic mass is 10.5. The van der Waals surface area contributed by atoms with Gasteiger partial charge in [-0.2, -0.15) is 0 Å². The van der Waals surface area contributed by atoms with E-state index >= 15 is 0 Å². The van der Waals surface area contributed by atoms with Gasteiger partial charge in [-0.15, -0.1) is 0 Å². The first-order valence-electron chi connectivity index (χ1n) is 5.14. The molecular weight excluding hydrogens is 226 g/mol. The molecule has 1 aromatic heterocycles. The van der Waals surface area contributed by atoms with Crippen molar-refractivity contribution in [3.63, 3.8) is 0 Å². The zero-order valence-corrected chi connectivity index (χ0v) is 10.4. The first-order chi connectivity index (χ1) is 7.58.